The Labute approximate surface area is 128 Å². The van der Waals surface area contributed by atoms with E-state index in [1.807, 2.05) is 42.5 Å². The highest BCUT2D eigenvalue weighted by Crippen LogP contribution is 2.21. The van der Waals surface area contributed by atoms with Gasteiger partial charge in [0.25, 0.3) is 5.89 Å². The summed E-state index contributed by atoms with van der Waals surface area (Å²) < 4.78 is 5.28. The van der Waals surface area contributed by atoms with Crippen LogP contribution >= 0.6 is 0 Å². The first-order valence-corrected chi connectivity index (χ1v) is 7.30. The Balaban J connectivity index is 1.85. The van der Waals surface area contributed by atoms with Crippen molar-refractivity contribution in [3.05, 3.63) is 42.5 Å². The largest absolute Gasteiger partial charge is 0.356 e. The minimum Gasteiger partial charge on any atom is -0.356 e. The minimum atomic E-state index is 0.373. The van der Waals surface area contributed by atoms with Crippen LogP contribution in [0, 0.1) is 0 Å². The van der Waals surface area contributed by atoms with Crippen LogP contribution in [-0.2, 0) is 0 Å². The Morgan fingerprint density at radius 3 is 2.36 bits per heavy atom. The van der Waals surface area contributed by atoms with Gasteiger partial charge >= 0.3 is 0 Å². The van der Waals surface area contributed by atoms with Crippen LogP contribution in [0.4, 0.5) is 5.82 Å². The lowest BCUT2D eigenvalue weighted by Crippen LogP contribution is -2.23. The molecule has 0 N–H and O–H groups in total. The molecule has 0 aliphatic carbocycles. The van der Waals surface area contributed by atoms with Crippen LogP contribution in [-0.4, -0.2) is 33.4 Å². The zero-order chi connectivity index (χ0) is 15.4. The Morgan fingerprint density at radius 2 is 1.73 bits per heavy atom. The Bertz CT molecular complexity index is 720. The van der Waals surface area contributed by atoms with Gasteiger partial charge in [-0.25, -0.2) is 0 Å². The second-order valence-electron chi connectivity index (χ2n) is 4.74. The molecule has 0 fully saturated rings. The van der Waals surface area contributed by atoms with Crippen LogP contribution in [0.1, 0.15) is 13.8 Å². The molecular weight excluding hydrogens is 278 g/mol. The smallest absolute Gasteiger partial charge is 0.278 e. The van der Waals surface area contributed by atoms with Crippen molar-refractivity contribution in [3.63, 3.8) is 0 Å². The fourth-order valence-corrected chi connectivity index (χ4v) is 2.19. The number of rotatable bonds is 5. The van der Waals surface area contributed by atoms with Crippen molar-refractivity contribution in [2.75, 3.05) is 18.0 Å². The van der Waals surface area contributed by atoms with E-state index < -0.39 is 0 Å². The molecule has 0 radical (unpaired) electrons. The summed E-state index contributed by atoms with van der Waals surface area (Å²) in [6.45, 7) is 5.96. The van der Waals surface area contributed by atoms with Crippen LogP contribution in [0.15, 0.2) is 47.0 Å². The molecule has 0 aliphatic heterocycles. The topological polar surface area (TPSA) is 67.9 Å². The SMILES string of the molecule is CCN(CC)c1ccc(-c2nc(-c3ccccc3)no2)nn1. The fourth-order valence-electron chi connectivity index (χ4n) is 2.19. The van der Waals surface area contributed by atoms with E-state index >= 15 is 0 Å². The van der Waals surface area contributed by atoms with Crippen molar-refractivity contribution < 1.29 is 4.52 Å². The normalized spacial score (nSPS) is 10.6. The maximum Gasteiger partial charge on any atom is 0.278 e. The maximum atomic E-state index is 5.28. The molecule has 0 saturated carbocycles. The van der Waals surface area contributed by atoms with E-state index in [9.17, 15) is 0 Å². The number of benzene rings is 1. The van der Waals surface area contributed by atoms with Gasteiger partial charge in [0.1, 0.15) is 0 Å². The fraction of sp³-hybridized carbons (Fsp3) is 0.250. The number of hydrogen-bond acceptors (Lipinski definition) is 6. The van der Waals surface area contributed by atoms with Gasteiger partial charge in [0, 0.05) is 18.7 Å². The van der Waals surface area contributed by atoms with Crippen LogP contribution in [0.5, 0.6) is 0 Å². The van der Waals surface area contributed by atoms with Gasteiger partial charge in [-0.1, -0.05) is 35.5 Å². The van der Waals surface area contributed by atoms with E-state index in [2.05, 4.69) is 39.1 Å². The molecule has 0 aliphatic rings. The van der Waals surface area contributed by atoms with Crippen molar-refractivity contribution in [2.45, 2.75) is 13.8 Å². The van der Waals surface area contributed by atoms with Crippen molar-refractivity contribution >= 4 is 5.82 Å². The van der Waals surface area contributed by atoms with Crippen molar-refractivity contribution in [2.24, 2.45) is 0 Å². The van der Waals surface area contributed by atoms with E-state index in [0.29, 0.717) is 17.4 Å². The number of nitrogens with zero attached hydrogens (tertiary/aromatic N) is 5. The Kier molecular flexibility index (Phi) is 4.09. The highest BCUT2D eigenvalue weighted by molar-refractivity contribution is 5.57. The molecule has 2 heterocycles. The maximum absolute atomic E-state index is 5.28. The lowest BCUT2D eigenvalue weighted by molar-refractivity contribution is 0.430. The lowest BCUT2D eigenvalue weighted by atomic mass is 10.2. The second kappa shape index (κ2) is 6.34. The van der Waals surface area contributed by atoms with E-state index in [1.54, 1.807) is 0 Å². The van der Waals surface area contributed by atoms with Gasteiger partial charge < -0.3 is 9.42 Å². The molecule has 2 aromatic heterocycles. The lowest BCUT2D eigenvalue weighted by Gasteiger charge is -2.18. The van der Waals surface area contributed by atoms with Gasteiger partial charge in [-0.15, -0.1) is 10.2 Å². The summed E-state index contributed by atoms with van der Waals surface area (Å²) in [5, 5.41) is 12.4. The molecule has 0 spiro atoms. The summed E-state index contributed by atoms with van der Waals surface area (Å²) in [5.41, 5.74) is 1.48. The first-order chi connectivity index (χ1) is 10.8. The number of hydrogen-bond donors (Lipinski definition) is 0. The Morgan fingerprint density at radius 1 is 0.955 bits per heavy atom. The standard InChI is InChI=1S/C16H17N5O/c1-3-21(4-2)14-11-10-13(18-19-14)16-17-15(20-22-16)12-8-6-5-7-9-12/h5-11H,3-4H2,1-2H3. The van der Waals surface area contributed by atoms with Crippen LogP contribution in [0.2, 0.25) is 0 Å². The third-order valence-corrected chi connectivity index (χ3v) is 3.42. The van der Waals surface area contributed by atoms with E-state index in [-0.39, 0.29) is 0 Å². The zero-order valence-corrected chi connectivity index (χ0v) is 12.6. The quantitative estimate of drug-likeness (QED) is 0.720. The van der Waals surface area contributed by atoms with Crippen molar-refractivity contribution in [1.29, 1.82) is 0 Å². The van der Waals surface area contributed by atoms with E-state index in [0.717, 1.165) is 24.5 Å². The Hall–Kier alpha value is -2.76. The average Bonchev–Trinajstić information content (AvgIpc) is 3.07. The molecule has 3 rings (SSSR count). The molecule has 0 atom stereocenters. The summed E-state index contributed by atoms with van der Waals surface area (Å²) in [4.78, 5) is 6.50. The molecular formula is C16H17N5O. The van der Waals surface area contributed by atoms with Crippen LogP contribution < -0.4 is 4.90 Å². The van der Waals surface area contributed by atoms with E-state index in [1.165, 1.54) is 0 Å². The van der Waals surface area contributed by atoms with Gasteiger partial charge in [-0.05, 0) is 26.0 Å². The number of aromatic nitrogens is 4. The molecule has 6 heteroatoms. The molecule has 0 unspecified atom stereocenters. The minimum absolute atomic E-state index is 0.373. The third kappa shape index (κ3) is 2.81. The third-order valence-electron chi connectivity index (χ3n) is 3.42. The molecule has 0 bridgehead atoms. The van der Waals surface area contributed by atoms with E-state index in [4.69, 9.17) is 4.52 Å². The monoisotopic (exact) mass is 295 g/mol. The van der Waals surface area contributed by atoms with Gasteiger partial charge in [0.2, 0.25) is 5.82 Å². The summed E-state index contributed by atoms with van der Waals surface area (Å²) in [7, 11) is 0. The molecule has 112 valence electrons. The highest BCUT2D eigenvalue weighted by atomic mass is 16.5. The summed E-state index contributed by atoms with van der Waals surface area (Å²) in [6.07, 6.45) is 0. The van der Waals surface area contributed by atoms with Crippen LogP contribution in [0.3, 0.4) is 0 Å². The van der Waals surface area contributed by atoms with Crippen LogP contribution in [0.25, 0.3) is 23.0 Å². The predicted molar refractivity (Wildman–Crippen MR) is 84.3 cm³/mol. The molecule has 3 aromatic rings. The first kappa shape index (κ1) is 14.2. The predicted octanol–water partition coefficient (Wildman–Crippen LogP) is 3.04. The van der Waals surface area contributed by atoms with Gasteiger partial charge in [-0.2, -0.15) is 4.98 Å². The zero-order valence-electron chi connectivity index (χ0n) is 12.6. The van der Waals surface area contributed by atoms with Crippen molar-refractivity contribution in [1.82, 2.24) is 20.3 Å². The van der Waals surface area contributed by atoms with Gasteiger partial charge in [0.15, 0.2) is 11.5 Å². The summed E-state index contributed by atoms with van der Waals surface area (Å²) in [6, 6.07) is 13.5. The summed E-state index contributed by atoms with van der Waals surface area (Å²) >= 11 is 0. The molecule has 0 amide bonds. The van der Waals surface area contributed by atoms with Crippen molar-refractivity contribution in [3.8, 4) is 23.0 Å². The second-order valence-corrected chi connectivity index (χ2v) is 4.74. The first-order valence-electron chi connectivity index (χ1n) is 7.30. The van der Waals surface area contributed by atoms with Gasteiger partial charge in [0.05, 0.1) is 0 Å². The molecule has 1 aromatic carbocycles. The highest BCUT2D eigenvalue weighted by Gasteiger charge is 2.13. The molecule has 22 heavy (non-hydrogen) atoms. The molecule has 6 nitrogen and oxygen atoms in total. The molecule has 0 saturated heterocycles. The number of anilines is 1. The summed E-state index contributed by atoms with van der Waals surface area (Å²) in [5.74, 6) is 1.76. The average molecular weight is 295 g/mol. The van der Waals surface area contributed by atoms with Gasteiger partial charge in [-0.3, -0.25) is 0 Å².